The minimum absolute atomic E-state index is 0.0279. The minimum atomic E-state index is -1.66. The number of rotatable bonds is 3. The van der Waals surface area contributed by atoms with Gasteiger partial charge < -0.3 is 15.3 Å². The molecule has 0 spiro atoms. The maximum Gasteiger partial charge on any atom is 0.332 e. The first-order chi connectivity index (χ1) is 6.52. The summed E-state index contributed by atoms with van der Waals surface area (Å²) >= 11 is 0. The van der Waals surface area contributed by atoms with Gasteiger partial charge in [0.1, 0.15) is 0 Å². The SMILES string of the molecule is O=C(O)C(O)Cc1cccc(O)c1F. The number of hydrogen-bond acceptors (Lipinski definition) is 3. The summed E-state index contributed by atoms with van der Waals surface area (Å²) in [5.74, 6) is -2.87. The lowest BCUT2D eigenvalue weighted by Gasteiger charge is -2.06. The number of aliphatic hydroxyl groups excluding tert-OH is 1. The first-order valence-corrected chi connectivity index (χ1v) is 3.89. The van der Waals surface area contributed by atoms with Crippen molar-refractivity contribution in [1.29, 1.82) is 0 Å². The Morgan fingerprint density at radius 2 is 2.14 bits per heavy atom. The van der Waals surface area contributed by atoms with Gasteiger partial charge in [0, 0.05) is 6.42 Å². The maximum absolute atomic E-state index is 13.1. The van der Waals surface area contributed by atoms with Crippen LogP contribution in [0.4, 0.5) is 4.39 Å². The molecule has 0 radical (unpaired) electrons. The van der Waals surface area contributed by atoms with E-state index in [4.69, 9.17) is 15.3 Å². The smallest absolute Gasteiger partial charge is 0.332 e. The molecule has 0 aliphatic rings. The second kappa shape index (κ2) is 4.06. The molecule has 14 heavy (non-hydrogen) atoms. The van der Waals surface area contributed by atoms with Crippen molar-refractivity contribution in [2.75, 3.05) is 0 Å². The molecule has 0 amide bonds. The van der Waals surface area contributed by atoms with Crippen LogP contribution in [-0.4, -0.2) is 27.4 Å². The Labute approximate surface area is 79.2 Å². The van der Waals surface area contributed by atoms with Crippen LogP contribution in [0.1, 0.15) is 5.56 Å². The summed E-state index contributed by atoms with van der Waals surface area (Å²) in [6.45, 7) is 0. The van der Waals surface area contributed by atoms with Crippen molar-refractivity contribution in [3.8, 4) is 5.75 Å². The van der Waals surface area contributed by atoms with Crippen LogP contribution in [0, 0.1) is 5.82 Å². The zero-order valence-corrected chi connectivity index (χ0v) is 7.14. The molecule has 1 rings (SSSR count). The third-order valence-electron chi connectivity index (χ3n) is 1.76. The summed E-state index contributed by atoms with van der Waals surface area (Å²) in [5, 5.41) is 26.3. The number of halogens is 1. The molecule has 5 heteroatoms. The standard InChI is InChI=1S/C9H9FO4/c10-8-5(2-1-3-6(8)11)4-7(12)9(13)14/h1-3,7,11-12H,4H2,(H,13,14). The lowest BCUT2D eigenvalue weighted by atomic mass is 10.1. The number of aromatic hydroxyl groups is 1. The number of carbonyl (C=O) groups is 1. The molecule has 0 aromatic heterocycles. The normalized spacial score (nSPS) is 12.4. The zero-order chi connectivity index (χ0) is 10.7. The van der Waals surface area contributed by atoms with E-state index in [1.165, 1.54) is 12.1 Å². The summed E-state index contributed by atoms with van der Waals surface area (Å²) in [6.07, 6.45) is -2.03. The number of phenols is 1. The summed E-state index contributed by atoms with van der Waals surface area (Å²) in [5.41, 5.74) is -0.0279. The number of carboxylic acid groups (broad SMARTS) is 1. The van der Waals surface area contributed by atoms with Crippen molar-refractivity contribution in [2.45, 2.75) is 12.5 Å². The second-order valence-corrected chi connectivity index (χ2v) is 2.81. The Morgan fingerprint density at radius 1 is 1.50 bits per heavy atom. The van der Waals surface area contributed by atoms with Gasteiger partial charge in [-0.1, -0.05) is 12.1 Å². The van der Waals surface area contributed by atoms with Crippen molar-refractivity contribution in [1.82, 2.24) is 0 Å². The molecule has 1 atom stereocenters. The molecular weight excluding hydrogens is 191 g/mol. The predicted molar refractivity (Wildman–Crippen MR) is 45.4 cm³/mol. The van der Waals surface area contributed by atoms with Gasteiger partial charge in [-0.25, -0.2) is 9.18 Å². The van der Waals surface area contributed by atoms with E-state index in [1.54, 1.807) is 0 Å². The molecule has 0 fully saturated rings. The maximum atomic E-state index is 13.1. The monoisotopic (exact) mass is 200 g/mol. The second-order valence-electron chi connectivity index (χ2n) is 2.81. The van der Waals surface area contributed by atoms with E-state index >= 15 is 0 Å². The topological polar surface area (TPSA) is 77.8 Å². The molecule has 0 heterocycles. The molecule has 0 aliphatic carbocycles. The van der Waals surface area contributed by atoms with Crippen LogP contribution in [0.3, 0.4) is 0 Å². The number of aliphatic hydroxyl groups is 1. The van der Waals surface area contributed by atoms with E-state index in [2.05, 4.69) is 0 Å². The van der Waals surface area contributed by atoms with Crippen molar-refractivity contribution in [3.63, 3.8) is 0 Å². The Hall–Kier alpha value is -1.62. The van der Waals surface area contributed by atoms with Gasteiger partial charge >= 0.3 is 5.97 Å². The third-order valence-corrected chi connectivity index (χ3v) is 1.76. The first kappa shape index (κ1) is 10.5. The van der Waals surface area contributed by atoms with Crippen LogP contribution >= 0.6 is 0 Å². The van der Waals surface area contributed by atoms with Gasteiger partial charge in [-0.2, -0.15) is 0 Å². The van der Waals surface area contributed by atoms with Gasteiger partial charge in [-0.15, -0.1) is 0 Å². The molecule has 4 nitrogen and oxygen atoms in total. The van der Waals surface area contributed by atoms with Crippen molar-refractivity contribution < 1.29 is 24.5 Å². The molecule has 1 unspecified atom stereocenters. The fourth-order valence-corrected chi connectivity index (χ4v) is 1.02. The van der Waals surface area contributed by atoms with Gasteiger partial charge in [0.25, 0.3) is 0 Å². The molecule has 0 saturated carbocycles. The summed E-state index contributed by atoms with van der Waals surface area (Å²) in [4.78, 5) is 10.3. The van der Waals surface area contributed by atoms with E-state index in [0.29, 0.717) is 0 Å². The average molecular weight is 200 g/mol. The van der Waals surface area contributed by atoms with E-state index in [0.717, 1.165) is 6.07 Å². The summed E-state index contributed by atoms with van der Waals surface area (Å²) < 4.78 is 13.1. The third kappa shape index (κ3) is 2.20. The fraction of sp³-hybridized carbons (Fsp3) is 0.222. The number of phenolic OH excluding ortho intramolecular Hbond substituents is 1. The largest absolute Gasteiger partial charge is 0.505 e. The van der Waals surface area contributed by atoms with Crippen LogP contribution in [0.5, 0.6) is 5.75 Å². The Kier molecular flexibility index (Phi) is 3.03. The van der Waals surface area contributed by atoms with Crippen LogP contribution < -0.4 is 0 Å². The van der Waals surface area contributed by atoms with Crippen LogP contribution in [0.15, 0.2) is 18.2 Å². The number of benzene rings is 1. The Balaban J connectivity index is 2.87. The van der Waals surface area contributed by atoms with Gasteiger partial charge in [0.05, 0.1) is 0 Å². The zero-order valence-electron chi connectivity index (χ0n) is 7.14. The van der Waals surface area contributed by atoms with Crippen molar-refractivity contribution >= 4 is 5.97 Å². The molecule has 0 bridgehead atoms. The highest BCUT2D eigenvalue weighted by Gasteiger charge is 2.17. The highest BCUT2D eigenvalue weighted by atomic mass is 19.1. The van der Waals surface area contributed by atoms with E-state index in [9.17, 15) is 9.18 Å². The summed E-state index contributed by atoms with van der Waals surface area (Å²) in [6, 6.07) is 3.83. The van der Waals surface area contributed by atoms with Crippen molar-refractivity contribution in [3.05, 3.63) is 29.6 Å². The molecule has 1 aromatic carbocycles. The molecular formula is C9H9FO4. The molecule has 0 aliphatic heterocycles. The van der Waals surface area contributed by atoms with Crippen LogP contribution in [-0.2, 0) is 11.2 Å². The molecule has 1 aromatic rings. The lowest BCUT2D eigenvalue weighted by Crippen LogP contribution is -2.22. The summed E-state index contributed by atoms with van der Waals surface area (Å²) in [7, 11) is 0. The molecule has 0 saturated heterocycles. The highest BCUT2D eigenvalue weighted by molar-refractivity contribution is 5.72. The van der Waals surface area contributed by atoms with Crippen molar-refractivity contribution in [2.24, 2.45) is 0 Å². The Bertz CT molecular complexity index is 351. The van der Waals surface area contributed by atoms with E-state index in [1.807, 2.05) is 0 Å². The molecule has 76 valence electrons. The van der Waals surface area contributed by atoms with Crippen LogP contribution in [0.2, 0.25) is 0 Å². The lowest BCUT2D eigenvalue weighted by molar-refractivity contribution is -0.146. The van der Waals surface area contributed by atoms with Gasteiger partial charge in [0.2, 0.25) is 0 Å². The van der Waals surface area contributed by atoms with E-state index in [-0.39, 0.29) is 12.0 Å². The van der Waals surface area contributed by atoms with Gasteiger partial charge in [-0.3, -0.25) is 0 Å². The molecule has 3 N–H and O–H groups in total. The number of hydrogen-bond donors (Lipinski definition) is 3. The van der Waals surface area contributed by atoms with E-state index < -0.39 is 23.6 Å². The first-order valence-electron chi connectivity index (χ1n) is 3.89. The van der Waals surface area contributed by atoms with Crippen LogP contribution in [0.25, 0.3) is 0 Å². The highest BCUT2D eigenvalue weighted by Crippen LogP contribution is 2.19. The van der Waals surface area contributed by atoms with Gasteiger partial charge in [0.15, 0.2) is 17.7 Å². The Morgan fingerprint density at radius 3 is 2.71 bits per heavy atom. The fourth-order valence-electron chi connectivity index (χ4n) is 1.02. The van der Waals surface area contributed by atoms with Gasteiger partial charge in [-0.05, 0) is 11.6 Å². The average Bonchev–Trinajstić information content (AvgIpc) is 2.12. The number of carboxylic acids is 1. The predicted octanol–water partition coefficient (Wildman–Crippen LogP) is 0.519. The number of aliphatic carboxylic acids is 1. The quantitative estimate of drug-likeness (QED) is 0.664. The minimum Gasteiger partial charge on any atom is -0.505 e.